The normalized spacial score (nSPS) is 11.0. The molecule has 1 aromatic carbocycles. The van der Waals surface area contributed by atoms with Crippen molar-refractivity contribution in [3.63, 3.8) is 0 Å². The topological polar surface area (TPSA) is 85.1 Å². The number of nitrogens with zero attached hydrogens (tertiary/aromatic N) is 4. The SMILES string of the molecule is CSc1nc(Nc2ccccc2)nc2c1ncn2COCCO. The second-order valence-corrected chi connectivity index (χ2v) is 5.49. The highest BCUT2D eigenvalue weighted by molar-refractivity contribution is 7.98. The first kappa shape index (κ1) is 15.7. The number of para-hydroxylation sites is 1. The summed E-state index contributed by atoms with van der Waals surface area (Å²) in [7, 11) is 0. The highest BCUT2D eigenvalue weighted by atomic mass is 32.2. The Morgan fingerprint density at radius 3 is 2.83 bits per heavy atom. The molecule has 3 rings (SSSR count). The van der Waals surface area contributed by atoms with Gasteiger partial charge < -0.3 is 15.2 Å². The van der Waals surface area contributed by atoms with Crippen LogP contribution in [0.25, 0.3) is 11.2 Å². The predicted octanol–water partition coefficient (Wildman–Crippen LogP) is 2.26. The number of nitrogens with one attached hydrogen (secondary N) is 1. The summed E-state index contributed by atoms with van der Waals surface area (Å²) < 4.78 is 7.15. The second-order valence-electron chi connectivity index (χ2n) is 4.70. The molecule has 3 aromatic rings. The zero-order valence-electron chi connectivity index (χ0n) is 12.6. The van der Waals surface area contributed by atoms with E-state index in [-0.39, 0.29) is 19.9 Å². The van der Waals surface area contributed by atoms with Gasteiger partial charge in [-0.2, -0.15) is 4.98 Å². The van der Waals surface area contributed by atoms with Gasteiger partial charge in [0.1, 0.15) is 17.3 Å². The zero-order chi connectivity index (χ0) is 16.1. The van der Waals surface area contributed by atoms with Gasteiger partial charge in [0.2, 0.25) is 5.95 Å². The summed E-state index contributed by atoms with van der Waals surface area (Å²) in [5.74, 6) is 0.511. The second kappa shape index (κ2) is 7.40. The van der Waals surface area contributed by atoms with Crippen molar-refractivity contribution < 1.29 is 9.84 Å². The number of aliphatic hydroxyl groups excluding tert-OH is 1. The molecule has 0 amide bonds. The van der Waals surface area contributed by atoms with Gasteiger partial charge in [0.25, 0.3) is 0 Å². The van der Waals surface area contributed by atoms with E-state index in [0.717, 1.165) is 16.2 Å². The van der Waals surface area contributed by atoms with Gasteiger partial charge in [-0.3, -0.25) is 4.57 Å². The summed E-state index contributed by atoms with van der Waals surface area (Å²) in [6.07, 6.45) is 3.62. The number of hydrogen-bond donors (Lipinski definition) is 2. The van der Waals surface area contributed by atoms with Crippen LogP contribution in [0.5, 0.6) is 0 Å². The van der Waals surface area contributed by atoms with Crippen LogP contribution < -0.4 is 5.32 Å². The number of fused-ring (bicyclic) bond motifs is 1. The van der Waals surface area contributed by atoms with Crippen LogP contribution in [0.15, 0.2) is 41.7 Å². The van der Waals surface area contributed by atoms with Crippen LogP contribution in [0.4, 0.5) is 11.6 Å². The lowest BCUT2D eigenvalue weighted by molar-refractivity contribution is 0.0499. The fraction of sp³-hybridized carbons (Fsp3) is 0.267. The minimum atomic E-state index is -0.0154. The summed E-state index contributed by atoms with van der Waals surface area (Å²) in [5.41, 5.74) is 2.35. The zero-order valence-corrected chi connectivity index (χ0v) is 13.5. The Balaban J connectivity index is 1.94. The molecule has 0 unspecified atom stereocenters. The molecular weight excluding hydrogens is 314 g/mol. The predicted molar refractivity (Wildman–Crippen MR) is 89.9 cm³/mol. The Kier molecular flexibility index (Phi) is 5.06. The van der Waals surface area contributed by atoms with E-state index in [1.807, 2.05) is 36.6 Å². The molecule has 8 heteroatoms. The molecule has 0 aliphatic carbocycles. The monoisotopic (exact) mass is 331 g/mol. The molecule has 0 saturated heterocycles. The van der Waals surface area contributed by atoms with Crippen LogP contribution in [0, 0.1) is 0 Å². The molecule has 2 aromatic heterocycles. The standard InChI is InChI=1S/C15H17N5O2S/c1-23-14-12-13(20(9-16-12)10-22-8-7-21)18-15(19-14)17-11-5-3-2-4-6-11/h2-6,9,21H,7-8,10H2,1H3,(H,17,18,19). The number of imidazole rings is 1. The van der Waals surface area contributed by atoms with Crippen molar-refractivity contribution in [1.82, 2.24) is 19.5 Å². The number of benzene rings is 1. The van der Waals surface area contributed by atoms with Crippen molar-refractivity contribution in [3.8, 4) is 0 Å². The summed E-state index contributed by atoms with van der Waals surface area (Å²) in [4.78, 5) is 13.4. The summed E-state index contributed by atoms with van der Waals surface area (Å²) in [5, 5.41) is 12.8. The lowest BCUT2D eigenvalue weighted by atomic mass is 10.3. The number of hydrogen-bond acceptors (Lipinski definition) is 7. The Bertz CT molecular complexity index is 778. The van der Waals surface area contributed by atoms with Crippen LogP contribution >= 0.6 is 11.8 Å². The fourth-order valence-corrected chi connectivity index (χ4v) is 2.60. The fourth-order valence-electron chi connectivity index (χ4n) is 2.09. The first-order valence-corrected chi connectivity index (χ1v) is 8.32. The first-order valence-electron chi connectivity index (χ1n) is 7.09. The maximum absolute atomic E-state index is 8.81. The number of rotatable bonds is 7. The molecular formula is C15H17N5O2S. The third-order valence-electron chi connectivity index (χ3n) is 3.12. The summed E-state index contributed by atoms with van der Waals surface area (Å²) in [6.45, 7) is 0.542. The van der Waals surface area contributed by atoms with Crippen molar-refractivity contribution >= 4 is 34.6 Å². The third kappa shape index (κ3) is 3.61. The minimum Gasteiger partial charge on any atom is -0.394 e. The highest BCUT2D eigenvalue weighted by Gasteiger charge is 2.13. The summed E-state index contributed by atoms with van der Waals surface area (Å²) >= 11 is 1.52. The van der Waals surface area contributed by atoms with Gasteiger partial charge >= 0.3 is 0 Å². The number of thioether (sulfide) groups is 1. The number of ether oxygens (including phenoxy) is 1. The first-order chi connectivity index (χ1) is 11.3. The van der Waals surface area contributed by atoms with Crippen LogP contribution in [-0.2, 0) is 11.5 Å². The van der Waals surface area contributed by atoms with Crippen LogP contribution in [-0.4, -0.2) is 44.1 Å². The van der Waals surface area contributed by atoms with Crippen LogP contribution in [0.3, 0.4) is 0 Å². The molecule has 23 heavy (non-hydrogen) atoms. The number of anilines is 2. The summed E-state index contributed by atoms with van der Waals surface area (Å²) in [6, 6.07) is 9.75. The molecule has 0 fully saturated rings. The van der Waals surface area contributed by atoms with Crippen molar-refractivity contribution in [2.75, 3.05) is 24.8 Å². The molecule has 0 radical (unpaired) electrons. The third-order valence-corrected chi connectivity index (χ3v) is 3.79. The Morgan fingerprint density at radius 2 is 2.09 bits per heavy atom. The van der Waals surface area contributed by atoms with E-state index in [4.69, 9.17) is 9.84 Å². The smallest absolute Gasteiger partial charge is 0.230 e. The molecule has 7 nitrogen and oxygen atoms in total. The van der Waals surface area contributed by atoms with Crippen molar-refractivity contribution in [2.24, 2.45) is 0 Å². The lowest BCUT2D eigenvalue weighted by Gasteiger charge is -2.08. The van der Waals surface area contributed by atoms with E-state index in [0.29, 0.717) is 11.6 Å². The van der Waals surface area contributed by atoms with E-state index >= 15 is 0 Å². The van der Waals surface area contributed by atoms with E-state index in [1.165, 1.54) is 11.8 Å². The van der Waals surface area contributed by atoms with Crippen LogP contribution in [0.2, 0.25) is 0 Å². The maximum Gasteiger partial charge on any atom is 0.230 e. The van der Waals surface area contributed by atoms with Gasteiger partial charge in [0, 0.05) is 5.69 Å². The largest absolute Gasteiger partial charge is 0.394 e. The Morgan fingerprint density at radius 1 is 1.26 bits per heavy atom. The average molecular weight is 331 g/mol. The Hall–Kier alpha value is -2.16. The molecule has 0 bridgehead atoms. The number of aromatic nitrogens is 4. The van der Waals surface area contributed by atoms with E-state index in [2.05, 4.69) is 20.3 Å². The van der Waals surface area contributed by atoms with Gasteiger partial charge in [-0.1, -0.05) is 18.2 Å². The number of aliphatic hydroxyl groups is 1. The lowest BCUT2D eigenvalue weighted by Crippen LogP contribution is -2.07. The van der Waals surface area contributed by atoms with Gasteiger partial charge in [-0.05, 0) is 18.4 Å². The van der Waals surface area contributed by atoms with Crippen molar-refractivity contribution in [2.45, 2.75) is 11.8 Å². The quantitative estimate of drug-likeness (QED) is 0.390. The molecule has 120 valence electrons. The molecule has 0 aliphatic rings. The van der Waals surface area contributed by atoms with E-state index in [1.54, 1.807) is 10.9 Å². The van der Waals surface area contributed by atoms with E-state index < -0.39 is 0 Å². The highest BCUT2D eigenvalue weighted by Crippen LogP contribution is 2.25. The van der Waals surface area contributed by atoms with Gasteiger partial charge in [-0.25, -0.2) is 9.97 Å². The maximum atomic E-state index is 8.81. The van der Waals surface area contributed by atoms with Gasteiger partial charge in [0.15, 0.2) is 5.65 Å². The van der Waals surface area contributed by atoms with E-state index in [9.17, 15) is 0 Å². The molecule has 0 spiro atoms. The van der Waals surface area contributed by atoms with Gasteiger partial charge in [-0.15, -0.1) is 11.8 Å². The average Bonchev–Trinajstić information content (AvgIpc) is 2.98. The molecule has 0 aliphatic heterocycles. The molecule has 2 heterocycles. The molecule has 2 N–H and O–H groups in total. The minimum absolute atomic E-state index is 0.0154. The Labute approximate surface area is 137 Å². The van der Waals surface area contributed by atoms with Crippen molar-refractivity contribution in [3.05, 3.63) is 36.7 Å². The van der Waals surface area contributed by atoms with Gasteiger partial charge in [0.05, 0.1) is 19.5 Å². The van der Waals surface area contributed by atoms with Crippen LogP contribution in [0.1, 0.15) is 0 Å². The molecule has 0 saturated carbocycles. The molecule has 0 atom stereocenters. The van der Waals surface area contributed by atoms with Crippen molar-refractivity contribution in [1.29, 1.82) is 0 Å².